The van der Waals surface area contributed by atoms with Gasteiger partial charge in [-0.3, -0.25) is 0 Å². The van der Waals surface area contributed by atoms with Gasteiger partial charge in [-0.2, -0.15) is 0 Å². The standard InChI is InChI=1S/C35H37.C13H10.C5H5.2ClH.Zr/c1-22-13-9-11-15-26(22)30-18-24-17-25-19-31(27-16-12-10-14-23(27)2)33(35(6,7)8)21-29(25)28(24)20-32(30)34(3,4)5;1-3-7-12(8-4-1)11-13-9-5-2-6-10-13;1-2-4-5-3-1;;;/h9-16,18,20-21H,17H2,1-8H3;1-10H;1-3H,4H2;2*1H;/q;;;;;+2/p-2. The molecule has 2 aliphatic carbocycles. The van der Waals surface area contributed by atoms with Crippen LogP contribution in [-0.2, 0) is 38.5 Å². The van der Waals surface area contributed by atoms with Crippen molar-refractivity contribution in [1.82, 2.24) is 0 Å². The van der Waals surface area contributed by atoms with Gasteiger partial charge in [0.15, 0.2) is 0 Å². The van der Waals surface area contributed by atoms with E-state index in [-0.39, 0.29) is 35.6 Å². The number of hydrogen-bond donors (Lipinski definition) is 0. The molecule has 0 amide bonds. The maximum absolute atomic E-state index is 3.03. The first-order valence-electron chi connectivity index (χ1n) is 19.6. The molecule has 0 aliphatic heterocycles. The zero-order chi connectivity index (χ0) is 37.8. The minimum atomic E-state index is -3.03. The second-order valence-corrected chi connectivity index (χ2v) is 23.2. The molecule has 6 aromatic carbocycles. The predicted molar refractivity (Wildman–Crippen MR) is 230 cm³/mol. The topological polar surface area (TPSA) is 0 Å². The Balaban J connectivity index is 0.00000266. The fourth-order valence-electron chi connectivity index (χ4n) is 8.84. The van der Waals surface area contributed by atoms with Crippen LogP contribution in [0.25, 0.3) is 33.4 Å². The molecule has 282 valence electrons. The molecule has 0 spiro atoms. The van der Waals surface area contributed by atoms with Crippen LogP contribution in [0.2, 0.25) is 0 Å². The van der Waals surface area contributed by atoms with Crippen LogP contribution in [0.3, 0.4) is 0 Å². The largest absolute Gasteiger partial charge is 1.00 e. The van der Waals surface area contributed by atoms with E-state index in [4.69, 9.17) is 0 Å². The molecule has 0 fully saturated rings. The van der Waals surface area contributed by atoms with Gasteiger partial charge in [-0.15, -0.1) is 0 Å². The van der Waals surface area contributed by atoms with Crippen molar-refractivity contribution in [3.05, 3.63) is 193 Å². The van der Waals surface area contributed by atoms with E-state index in [1.165, 1.54) is 72.3 Å². The van der Waals surface area contributed by atoms with Gasteiger partial charge >= 0.3 is 334 Å². The van der Waals surface area contributed by atoms with E-state index in [0.717, 1.165) is 12.8 Å². The average molecular weight is 851 g/mol. The summed E-state index contributed by atoms with van der Waals surface area (Å²) in [5.74, 6) is 0. The third-order valence-corrected chi connectivity index (χ3v) is 19.2. The number of hydrogen-bond acceptors (Lipinski definition) is 0. The van der Waals surface area contributed by atoms with E-state index < -0.39 is 21.3 Å². The fourth-order valence-corrected chi connectivity index (χ4v) is 17.3. The van der Waals surface area contributed by atoms with Gasteiger partial charge in [-0.1, -0.05) is 0 Å². The number of benzene rings is 6. The van der Waals surface area contributed by atoms with Crippen LogP contribution in [0.1, 0.15) is 92.5 Å². The second-order valence-electron chi connectivity index (χ2n) is 17.4. The van der Waals surface area contributed by atoms with Gasteiger partial charge in [-0.25, -0.2) is 0 Å². The molecule has 0 aromatic heterocycles. The van der Waals surface area contributed by atoms with E-state index in [9.17, 15) is 0 Å². The first-order valence-corrected chi connectivity index (χ1v) is 23.3. The Bertz CT molecular complexity index is 2460. The summed E-state index contributed by atoms with van der Waals surface area (Å²) in [7, 11) is 0. The van der Waals surface area contributed by atoms with Crippen LogP contribution in [0.15, 0.2) is 149 Å². The summed E-state index contributed by atoms with van der Waals surface area (Å²) in [4.78, 5) is 0. The van der Waals surface area contributed by atoms with Crippen molar-refractivity contribution in [2.75, 3.05) is 0 Å². The summed E-state index contributed by atoms with van der Waals surface area (Å²) in [6, 6.07) is 48.6. The molecule has 0 heterocycles. The number of rotatable bonds is 6. The quantitative estimate of drug-likeness (QED) is 0.167. The Labute approximate surface area is 355 Å². The van der Waals surface area contributed by atoms with Crippen molar-refractivity contribution in [2.24, 2.45) is 0 Å². The molecule has 56 heavy (non-hydrogen) atoms. The molecule has 0 nitrogen and oxygen atoms in total. The summed E-state index contributed by atoms with van der Waals surface area (Å²) in [6.07, 6.45) is 9.19. The van der Waals surface area contributed by atoms with E-state index >= 15 is 0 Å². The number of allylic oxidation sites excluding steroid dienone is 4. The Morgan fingerprint density at radius 1 is 0.536 bits per heavy atom. The summed E-state index contributed by atoms with van der Waals surface area (Å²) < 4.78 is 4.89. The monoisotopic (exact) mass is 848 g/mol. The zero-order valence-corrected chi connectivity index (χ0v) is 38.0. The van der Waals surface area contributed by atoms with Gasteiger partial charge < -0.3 is 24.8 Å². The summed E-state index contributed by atoms with van der Waals surface area (Å²) in [5, 5.41) is 0. The summed E-state index contributed by atoms with van der Waals surface area (Å²) >= 11 is -3.03. The third-order valence-electron chi connectivity index (χ3n) is 11.5. The molecule has 0 N–H and O–H groups in total. The fraction of sp³-hybridized carbons (Fsp3) is 0.226. The Morgan fingerprint density at radius 2 is 1.05 bits per heavy atom. The van der Waals surface area contributed by atoms with Gasteiger partial charge in [0.2, 0.25) is 0 Å². The zero-order valence-electron chi connectivity index (χ0n) is 34.0. The van der Waals surface area contributed by atoms with E-state index in [1.807, 2.05) is 0 Å². The molecular weight excluding hydrogens is 799 g/mol. The van der Waals surface area contributed by atoms with Crippen molar-refractivity contribution in [1.29, 1.82) is 0 Å². The molecule has 2 aliphatic rings. The van der Waals surface area contributed by atoms with Crippen LogP contribution in [0.4, 0.5) is 0 Å². The van der Waals surface area contributed by atoms with Crippen molar-refractivity contribution in [3.63, 3.8) is 0 Å². The minimum absolute atomic E-state index is 0. The number of fused-ring (bicyclic) bond motifs is 3. The smallest absolute Gasteiger partial charge is 1.00 e. The van der Waals surface area contributed by atoms with Crippen molar-refractivity contribution in [3.8, 4) is 33.4 Å². The third kappa shape index (κ3) is 7.73. The van der Waals surface area contributed by atoms with Crippen molar-refractivity contribution in [2.45, 2.75) is 79.1 Å². The Morgan fingerprint density at radius 3 is 1.57 bits per heavy atom. The van der Waals surface area contributed by atoms with Gasteiger partial charge in [0.05, 0.1) is 0 Å². The minimum Gasteiger partial charge on any atom is -1.00 e. The molecule has 0 bridgehead atoms. The van der Waals surface area contributed by atoms with E-state index in [1.54, 1.807) is 15.3 Å². The van der Waals surface area contributed by atoms with E-state index in [2.05, 4.69) is 201 Å². The number of halogens is 2. The molecular formula is C53H52Cl2Zr. The first-order chi connectivity index (χ1) is 25.9. The second kappa shape index (κ2) is 16.5. The molecule has 0 saturated heterocycles. The van der Waals surface area contributed by atoms with Gasteiger partial charge in [-0.05, 0) is 0 Å². The van der Waals surface area contributed by atoms with Crippen molar-refractivity contribution < 1.29 is 46.1 Å². The molecule has 0 atom stereocenters. The Hall–Kier alpha value is -3.87. The van der Waals surface area contributed by atoms with Crippen LogP contribution in [-0.4, -0.2) is 3.21 Å². The van der Waals surface area contributed by atoms with Crippen LogP contribution in [0, 0.1) is 13.8 Å². The molecule has 0 unspecified atom stereocenters. The maximum Gasteiger partial charge on any atom is -1.00 e. The van der Waals surface area contributed by atoms with Crippen molar-refractivity contribution >= 4 is 6.48 Å². The van der Waals surface area contributed by atoms with Gasteiger partial charge in [0.25, 0.3) is 0 Å². The van der Waals surface area contributed by atoms with Crippen LogP contribution < -0.4 is 28.1 Å². The summed E-state index contributed by atoms with van der Waals surface area (Å²) in [6.45, 7) is 19.0. The van der Waals surface area contributed by atoms with Gasteiger partial charge in [0, 0.05) is 0 Å². The molecule has 0 saturated carbocycles. The molecule has 6 aromatic rings. The SMILES string of the molecule is Cc1ccccc1-c1cc2c(cc1C(C)(C)C)-c1cc(C(C)(C)C)c(-c3ccccc3C)[c]([Zr+2]([C]3=CC=CC3)=[C](c3ccccc3)c3ccccc3)c1C2.[Cl-].[Cl-]. The van der Waals surface area contributed by atoms with E-state index in [0.29, 0.717) is 0 Å². The van der Waals surface area contributed by atoms with Crippen LogP contribution in [0.5, 0.6) is 0 Å². The normalized spacial score (nSPS) is 12.8. The number of aryl methyl sites for hydroxylation is 2. The molecule has 0 radical (unpaired) electrons. The molecule has 3 heteroatoms. The Kier molecular flexibility index (Phi) is 12.3. The predicted octanol–water partition coefficient (Wildman–Crippen LogP) is 7.17. The first kappa shape index (κ1) is 41.8. The average Bonchev–Trinajstić information content (AvgIpc) is 3.81. The maximum atomic E-state index is 2.62. The van der Waals surface area contributed by atoms with Gasteiger partial charge in [0.1, 0.15) is 0 Å². The summed E-state index contributed by atoms with van der Waals surface area (Å²) in [5.41, 5.74) is 19.7. The van der Waals surface area contributed by atoms with Crippen LogP contribution >= 0.6 is 0 Å². The molecule has 8 rings (SSSR count).